The smallest absolute Gasteiger partial charge is 0.261 e. The van der Waals surface area contributed by atoms with Gasteiger partial charge in [0, 0.05) is 16.8 Å². The first kappa shape index (κ1) is 20.9. The van der Waals surface area contributed by atoms with Crippen molar-refractivity contribution in [1.29, 1.82) is 5.41 Å². The van der Waals surface area contributed by atoms with Gasteiger partial charge in [-0.1, -0.05) is 51.1 Å². The minimum Gasteiger partial charge on any atom is -0.496 e. The number of nitrogens with one attached hydrogen (secondary N) is 2. The van der Waals surface area contributed by atoms with Crippen molar-refractivity contribution in [3.05, 3.63) is 71.3 Å². The lowest BCUT2D eigenvalue weighted by molar-refractivity contribution is 0.0984. The fourth-order valence-corrected chi connectivity index (χ4v) is 3.89. The summed E-state index contributed by atoms with van der Waals surface area (Å²) in [6, 6.07) is 17.4. The second-order valence-corrected chi connectivity index (χ2v) is 8.86. The molecule has 0 heterocycles. The molecular formula is C24H26N2O2S. The average molecular weight is 407 g/mol. The lowest BCUT2D eigenvalue weighted by Gasteiger charge is -2.21. The summed E-state index contributed by atoms with van der Waals surface area (Å²) in [5.41, 5.74) is 3.15. The lowest BCUT2D eigenvalue weighted by Crippen LogP contribution is -2.16. The van der Waals surface area contributed by atoms with Crippen LogP contribution in [0.2, 0.25) is 0 Å². The van der Waals surface area contributed by atoms with Crippen LogP contribution in [-0.4, -0.2) is 18.7 Å². The molecule has 0 atom stereocenters. The van der Waals surface area contributed by atoms with E-state index in [1.807, 2.05) is 36.4 Å². The van der Waals surface area contributed by atoms with E-state index in [1.165, 1.54) is 17.5 Å². The van der Waals surface area contributed by atoms with Crippen LogP contribution in [0.5, 0.6) is 5.75 Å². The fraction of sp³-hybridized carbons (Fsp3) is 0.250. The maximum atomic E-state index is 12.7. The second kappa shape index (κ2) is 8.29. The monoisotopic (exact) mass is 406 g/mol. The number of amides is 1. The van der Waals surface area contributed by atoms with E-state index in [9.17, 15) is 4.79 Å². The number of benzene rings is 3. The Hall–Kier alpha value is -2.79. The number of carbonyl (C=O) groups is 1. The Kier molecular flexibility index (Phi) is 5.99. The van der Waals surface area contributed by atoms with Crippen LogP contribution in [0.4, 0.5) is 0 Å². The molecule has 4 nitrogen and oxygen atoms in total. The molecule has 5 heteroatoms. The number of hydrogen-bond acceptors (Lipinski definition) is 4. The Labute approximate surface area is 176 Å². The van der Waals surface area contributed by atoms with Gasteiger partial charge in [0.15, 0.2) is 0 Å². The summed E-state index contributed by atoms with van der Waals surface area (Å²) in [4.78, 5) is 13.6. The third-order valence-corrected chi connectivity index (χ3v) is 5.66. The van der Waals surface area contributed by atoms with Gasteiger partial charge in [-0.3, -0.25) is 9.52 Å². The number of carbonyl (C=O) groups excluding carboxylic acids is 1. The molecule has 0 aliphatic carbocycles. The minimum atomic E-state index is -0.169. The summed E-state index contributed by atoms with van der Waals surface area (Å²) < 4.78 is 8.38. The van der Waals surface area contributed by atoms with Crippen LogP contribution in [0.1, 0.15) is 49.2 Å². The largest absolute Gasteiger partial charge is 0.496 e. The molecule has 0 fully saturated rings. The lowest BCUT2D eigenvalue weighted by atomic mass is 9.87. The van der Waals surface area contributed by atoms with Crippen molar-refractivity contribution in [3.63, 3.8) is 0 Å². The van der Waals surface area contributed by atoms with Gasteiger partial charge in [-0.15, -0.1) is 0 Å². The van der Waals surface area contributed by atoms with Crippen molar-refractivity contribution in [2.24, 2.45) is 0 Å². The standard InChI is InChI=1S/C24H26N2O2S/c1-15(25)19-8-6-7-16-13-17(9-11-20(16)19)23(27)26-29-22-14-18(24(2,3)4)10-12-21(22)28-5/h6-14,25H,1-5H3,(H,26,27). The van der Waals surface area contributed by atoms with E-state index in [0.717, 1.165) is 27.0 Å². The van der Waals surface area contributed by atoms with Gasteiger partial charge in [0.25, 0.3) is 5.91 Å². The van der Waals surface area contributed by atoms with Crippen molar-refractivity contribution >= 4 is 34.3 Å². The Morgan fingerprint density at radius 2 is 1.83 bits per heavy atom. The maximum absolute atomic E-state index is 12.7. The zero-order valence-electron chi connectivity index (χ0n) is 17.4. The first-order valence-corrected chi connectivity index (χ1v) is 10.3. The van der Waals surface area contributed by atoms with Crippen LogP contribution in [0.15, 0.2) is 59.5 Å². The number of rotatable bonds is 5. The van der Waals surface area contributed by atoms with Gasteiger partial charge in [0.1, 0.15) is 5.75 Å². The van der Waals surface area contributed by atoms with Crippen LogP contribution in [0, 0.1) is 5.41 Å². The molecule has 150 valence electrons. The van der Waals surface area contributed by atoms with Gasteiger partial charge < -0.3 is 10.1 Å². The SMILES string of the molecule is COc1ccc(C(C)(C)C)cc1SNC(=O)c1ccc2c(C(C)=N)cccc2c1. The fourth-order valence-electron chi connectivity index (χ4n) is 3.14. The van der Waals surface area contributed by atoms with E-state index in [2.05, 4.69) is 37.6 Å². The number of fused-ring (bicyclic) bond motifs is 1. The van der Waals surface area contributed by atoms with E-state index in [-0.39, 0.29) is 11.3 Å². The Morgan fingerprint density at radius 1 is 1.07 bits per heavy atom. The third kappa shape index (κ3) is 4.62. The highest BCUT2D eigenvalue weighted by Gasteiger charge is 2.17. The molecule has 0 aromatic heterocycles. The molecule has 3 rings (SSSR count). The maximum Gasteiger partial charge on any atom is 0.261 e. The summed E-state index contributed by atoms with van der Waals surface area (Å²) >= 11 is 1.26. The first-order valence-electron chi connectivity index (χ1n) is 9.44. The van der Waals surface area contributed by atoms with E-state index < -0.39 is 0 Å². The van der Waals surface area contributed by atoms with E-state index >= 15 is 0 Å². The number of hydrogen-bond donors (Lipinski definition) is 2. The van der Waals surface area contributed by atoms with Crippen LogP contribution < -0.4 is 9.46 Å². The zero-order chi connectivity index (χ0) is 21.2. The summed E-state index contributed by atoms with van der Waals surface area (Å²) in [5.74, 6) is 0.560. The van der Waals surface area contributed by atoms with E-state index in [1.54, 1.807) is 20.1 Å². The molecule has 0 radical (unpaired) electrons. The topological polar surface area (TPSA) is 62.2 Å². The normalized spacial score (nSPS) is 11.3. The third-order valence-electron chi connectivity index (χ3n) is 4.83. The summed E-state index contributed by atoms with van der Waals surface area (Å²) in [5, 5.41) is 9.84. The molecule has 3 aromatic carbocycles. The molecule has 29 heavy (non-hydrogen) atoms. The molecule has 0 aliphatic heterocycles. The van der Waals surface area contributed by atoms with Crippen molar-refractivity contribution in [2.75, 3.05) is 7.11 Å². The van der Waals surface area contributed by atoms with Crippen LogP contribution in [0.3, 0.4) is 0 Å². The average Bonchev–Trinajstić information content (AvgIpc) is 2.70. The van der Waals surface area contributed by atoms with Crippen molar-refractivity contribution in [1.82, 2.24) is 4.72 Å². The molecular weight excluding hydrogens is 380 g/mol. The highest BCUT2D eigenvalue weighted by atomic mass is 32.2. The van der Waals surface area contributed by atoms with Gasteiger partial charge in [-0.2, -0.15) is 0 Å². The number of methoxy groups -OCH3 is 1. The number of ether oxygens (including phenoxy) is 1. The molecule has 0 aliphatic rings. The molecule has 0 bridgehead atoms. The zero-order valence-corrected chi connectivity index (χ0v) is 18.2. The van der Waals surface area contributed by atoms with Crippen LogP contribution >= 0.6 is 11.9 Å². The first-order chi connectivity index (χ1) is 13.7. The van der Waals surface area contributed by atoms with Gasteiger partial charge in [0.05, 0.1) is 12.0 Å². The van der Waals surface area contributed by atoms with Crippen molar-refractivity contribution < 1.29 is 9.53 Å². The predicted octanol–water partition coefficient (Wildman–Crippen LogP) is 5.97. The molecule has 0 saturated heterocycles. The van der Waals surface area contributed by atoms with E-state index in [4.69, 9.17) is 10.1 Å². The minimum absolute atomic E-state index is 0.00857. The summed E-state index contributed by atoms with van der Waals surface area (Å²) in [7, 11) is 1.63. The molecule has 1 amide bonds. The summed E-state index contributed by atoms with van der Waals surface area (Å²) in [6.45, 7) is 8.23. The second-order valence-electron chi connectivity index (χ2n) is 8.02. The molecule has 2 N–H and O–H groups in total. The van der Waals surface area contributed by atoms with Crippen LogP contribution in [-0.2, 0) is 5.41 Å². The highest BCUT2D eigenvalue weighted by molar-refractivity contribution is 7.98. The van der Waals surface area contributed by atoms with Crippen LogP contribution in [0.25, 0.3) is 10.8 Å². The van der Waals surface area contributed by atoms with Gasteiger partial charge in [-0.25, -0.2) is 0 Å². The summed E-state index contributed by atoms with van der Waals surface area (Å²) in [6.07, 6.45) is 0. The highest BCUT2D eigenvalue weighted by Crippen LogP contribution is 2.33. The van der Waals surface area contributed by atoms with Gasteiger partial charge in [0.2, 0.25) is 0 Å². The Bertz CT molecular complexity index is 1080. The van der Waals surface area contributed by atoms with Gasteiger partial charge in [-0.05, 0) is 64.9 Å². The Balaban J connectivity index is 1.83. The molecule has 0 saturated carbocycles. The predicted molar refractivity (Wildman–Crippen MR) is 121 cm³/mol. The molecule has 0 spiro atoms. The molecule has 0 unspecified atom stereocenters. The van der Waals surface area contributed by atoms with E-state index in [0.29, 0.717) is 11.3 Å². The molecule has 3 aromatic rings. The quantitative estimate of drug-likeness (QED) is 0.405. The van der Waals surface area contributed by atoms with Crippen molar-refractivity contribution in [3.8, 4) is 5.75 Å². The van der Waals surface area contributed by atoms with Gasteiger partial charge >= 0.3 is 0 Å². The van der Waals surface area contributed by atoms with Crippen molar-refractivity contribution in [2.45, 2.75) is 38.0 Å². The Morgan fingerprint density at radius 3 is 2.48 bits per heavy atom.